The van der Waals surface area contributed by atoms with E-state index in [1.165, 1.54) is 6.33 Å². The lowest BCUT2D eigenvalue weighted by Gasteiger charge is -2.30. The third-order valence-electron chi connectivity index (χ3n) is 3.00. The van der Waals surface area contributed by atoms with E-state index in [-0.39, 0.29) is 12.1 Å². The van der Waals surface area contributed by atoms with Crippen LogP contribution in [0.4, 0.5) is 11.6 Å². The smallest absolute Gasteiger partial charge is 0.146 e. The van der Waals surface area contributed by atoms with Crippen molar-refractivity contribution >= 4 is 27.6 Å². The Bertz CT molecular complexity index is 388. The summed E-state index contributed by atoms with van der Waals surface area (Å²) in [6, 6.07) is 0. The summed E-state index contributed by atoms with van der Waals surface area (Å²) in [6.07, 6.45) is 3.11. The average molecular weight is 317 g/mol. The summed E-state index contributed by atoms with van der Waals surface area (Å²) < 4.78 is 0.824. The Balaban J connectivity index is 2.92. The van der Waals surface area contributed by atoms with Crippen LogP contribution in [0.1, 0.15) is 33.6 Å². The maximum Gasteiger partial charge on any atom is 0.146 e. The third-order valence-corrected chi connectivity index (χ3v) is 3.75. The number of nitrogens with one attached hydrogen (secondary N) is 2. The summed E-state index contributed by atoms with van der Waals surface area (Å²) in [5.74, 6) is 1.52. The molecule has 0 aromatic carbocycles. The van der Waals surface area contributed by atoms with E-state index in [9.17, 15) is 0 Å². The van der Waals surface area contributed by atoms with Gasteiger partial charge in [0.05, 0.1) is 0 Å². The van der Waals surface area contributed by atoms with E-state index in [1.54, 1.807) is 0 Å². The second kappa shape index (κ2) is 6.89. The summed E-state index contributed by atoms with van der Waals surface area (Å²) in [6.45, 7) is 7.13. The van der Waals surface area contributed by atoms with Crippen molar-refractivity contribution in [3.63, 3.8) is 0 Å². The molecule has 1 atom stereocenters. The molecule has 0 spiro atoms. The molecule has 0 saturated heterocycles. The number of aliphatic hydroxyl groups is 1. The lowest BCUT2D eigenvalue weighted by Crippen LogP contribution is -2.35. The van der Waals surface area contributed by atoms with Gasteiger partial charge < -0.3 is 15.7 Å². The minimum Gasteiger partial charge on any atom is -0.396 e. The molecule has 1 aromatic heterocycles. The number of anilines is 2. The summed E-state index contributed by atoms with van der Waals surface area (Å²) >= 11 is 3.50. The van der Waals surface area contributed by atoms with Gasteiger partial charge in [-0.25, -0.2) is 9.97 Å². The predicted octanol–water partition coefficient (Wildman–Crippen LogP) is 2.63. The minimum absolute atomic E-state index is 0.153. The van der Waals surface area contributed by atoms with E-state index in [1.807, 2.05) is 6.92 Å². The molecule has 0 aliphatic rings. The molecule has 0 saturated carbocycles. The van der Waals surface area contributed by atoms with E-state index in [0.29, 0.717) is 6.42 Å². The van der Waals surface area contributed by atoms with E-state index < -0.39 is 0 Å². The first-order valence-electron chi connectivity index (χ1n) is 6.19. The van der Waals surface area contributed by atoms with Crippen molar-refractivity contribution < 1.29 is 5.11 Å². The van der Waals surface area contributed by atoms with Gasteiger partial charge in [-0.1, -0.05) is 6.92 Å². The van der Waals surface area contributed by atoms with Gasteiger partial charge in [-0.3, -0.25) is 0 Å². The van der Waals surface area contributed by atoms with Crippen LogP contribution in [-0.4, -0.2) is 33.8 Å². The first-order valence-corrected chi connectivity index (χ1v) is 6.99. The van der Waals surface area contributed by atoms with Crippen LogP contribution in [0.5, 0.6) is 0 Å². The Morgan fingerprint density at radius 3 is 2.56 bits per heavy atom. The van der Waals surface area contributed by atoms with Crippen LogP contribution in [0.2, 0.25) is 0 Å². The minimum atomic E-state index is -0.172. The first-order chi connectivity index (χ1) is 8.56. The topological polar surface area (TPSA) is 70.1 Å². The van der Waals surface area contributed by atoms with Crippen molar-refractivity contribution in [3.8, 4) is 0 Å². The number of rotatable bonds is 7. The Hall–Kier alpha value is -0.880. The lowest BCUT2D eigenvalue weighted by molar-refractivity contribution is 0.251. The van der Waals surface area contributed by atoms with Crippen LogP contribution in [0.25, 0.3) is 0 Å². The molecule has 1 unspecified atom stereocenters. The molecule has 5 nitrogen and oxygen atoms in total. The molecule has 0 fully saturated rings. The molecule has 102 valence electrons. The van der Waals surface area contributed by atoms with Crippen LogP contribution >= 0.6 is 15.9 Å². The molecule has 3 N–H and O–H groups in total. The van der Waals surface area contributed by atoms with Gasteiger partial charge in [0.15, 0.2) is 0 Å². The van der Waals surface area contributed by atoms with Crippen molar-refractivity contribution in [2.75, 3.05) is 23.8 Å². The number of aliphatic hydroxyl groups excluding tert-OH is 1. The van der Waals surface area contributed by atoms with Gasteiger partial charge >= 0.3 is 0 Å². The Morgan fingerprint density at radius 2 is 2.00 bits per heavy atom. The highest BCUT2D eigenvalue weighted by Crippen LogP contribution is 2.30. The van der Waals surface area contributed by atoms with Gasteiger partial charge in [-0.05, 0) is 42.6 Å². The molecule has 0 radical (unpaired) electrons. The number of nitrogens with zero attached hydrogens (tertiary/aromatic N) is 2. The fourth-order valence-electron chi connectivity index (χ4n) is 1.61. The summed E-state index contributed by atoms with van der Waals surface area (Å²) in [4.78, 5) is 8.42. The molecule has 1 aromatic rings. The normalized spacial score (nSPS) is 14.1. The fourth-order valence-corrected chi connectivity index (χ4v) is 2.05. The van der Waals surface area contributed by atoms with Crippen molar-refractivity contribution in [2.24, 2.45) is 0 Å². The highest BCUT2D eigenvalue weighted by Gasteiger charge is 2.23. The molecule has 6 heteroatoms. The van der Waals surface area contributed by atoms with Gasteiger partial charge in [0, 0.05) is 18.7 Å². The summed E-state index contributed by atoms with van der Waals surface area (Å²) in [7, 11) is 0. The molecular weight excluding hydrogens is 296 g/mol. The van der Waals surface area contributed by atoms with Crippen LogP contribution in [0, 0.1) is 0 Å². The van der Waals surface area contributed by atoms with E-state index in [0.717, 1.165) is 29.1 Å². The van der Waals surface area contributed by atoms with Gasteiger partial charge in [0.25, 0.3) is 0 Å². The quantitative estimate of drug-likeness (QED) is 0.721. The molecule has 0 bridgehead atoms. The fraction of sp³-hybridized carbons (Fsp3) is 0.667. The zero-order valence-electron chi connectivity index (χ0n) is 11.1. The highest BCUT2D eigenvalue weighted by atomic mass is 79.9. The second-order valence-electron chi connectivity index (χ2n) is 4.43. The third kappa shape index (κ3) is 3.81. The number of hydrogen-bond donors (Lipinski definition) is 3. The molecule has 0 aliphatic carbocycles. The van der Waals surface area contributed by atoms with E-state index >= 15 is 0 Å². The maximum absolute atomic E-state index is 9.12. The monoisotopic (exact) mass is 316 g/mol. The maximum atomic E-state index is 9.12. The van der Waals surface area contributed by atoms with Crippen LogP contribution in [-0.2, 0) is 0 Å². The molecule has 1 rings (SSSR count). The largest absolute Gasteiger partial charge is 0.396 e. The number of hydrogen-bond acceptors (Lipinski definition) is 5. The molecule has 18 heavy (non-hydrogen) atoms. The Labute approximate surface area is 117 Å². The Kier molecular flexibility index (Phi) is 5.81. The van der Waals surface area contributed by atoms with Crippen molar-refractivity contribution in [2.45, 2.75) is 39.2 Å². The second-order valence-corrected chi connectivity index (χ2v) is 5.22. The van der Waals surface area contributed by atoms with E-state index in [4.69, 9.17) is 5.11 Å². The molecule has 1 heterocycles. The SMILES string of the molecule is CCNc1ncnc(NC(C)(CC)CCO)c1Br. The van der Waals surface area contributed by atoms with Gasteiger partial charge in [0.1, 0.15) is 22.4 Å². The number of halogens is 1. The van der Waals surface area contributed by atoms with Gasteiger partial charge in [-0.2, -0.15) is 0 Å². The van der Waals surface area contributed by atoms with Gasteiger partial charge in [-0.15, -0.1) is 0 Å². The Morgan fingerprint density at radius 1 is 1.33 bits per heavy atom. The van der Waals surface area contributed by atoms with Gasteiger partial charge in [0.2, 0.25) is 0 Å². The predicted molar refractivity (Wildman–Crippen MR) is 77.9 cm³/mol. The van der Waals surface area contributed by atoms with Crippen molar-refractivity contribution in [1.29, 1.82) is 0 Å². The number of aromatic nitrogens is 2. The zero-order chi connectivity index (χ0) is 13.6. The summed E-state index contributed by atoms with van der Waals surface area (Å²) in [5, 5.41) is 15.7. The standard InChI is InChI=1S/C12H21BrN4O/c1-4-12(3,6-7-18)17-11-9(13)10(14-5-2)15-8-16-11/h8,18H,4-7H2,1-3H3,(H2,14,15,16,17). The van der Waals surface area contributed by atoms with Crippen LogP contribution in [0.3, 0.4) is 0 Å². The molecule has 0 aliphatic heterocycles. The summed E-state index contributed by atoms with van der Waals surface area (Å²) in [5.41, 5.74) is -0.172. The molecular formula is C12H21BrN4O. The highest BCUT2D eigenvalue weighted by molar-refractivity contribution is 9.10. The van der Waals surface area contributed by atoms with Crippen molar-refractivity contribution in [3.05, 3.63) is 10.8 Å². The lowest BCUT2D eigenvalue weighted by atomic mass is 9.95. The molecule has 0 amide bonds. The van der Waals surface area contributed by atoms with Crippen molar-refractivity contribution in [1.82, 2.24) is 9.97 Å². The van der Waals surface area contributed by atoms with Crippen LogP contribution < -0.4 is 10.6 Å². The average Bonchev–Trinajstić information content (AvgIpc) is 2.35. The first kappa shape index (κ1) is 15.2. The van der Waals surface area contributed by atoms with E-state index in [2.05, 4.69) is 50.4 Å². The zero-order valence-corrected chi connectivity index (χ0v) is 12.7. The van der Waals surface area contributed by atoms with Crippen LogP contribution in [0.15, 0.2) is 10.8 Å².